The van der Waals surface area contributed by atoms with Crippen molar-refractivity contribution in [3.8, 4) is 17.1 Å². The van der Waals surface area contributed by atoms with E-state index in [2.05, 4.69) is 31.5 Å². The molecule has 0 amide bonds. The fourth-order valence-electron chi connectivity index (χ4n) is 1.86. The van der Waals surface area contributed by atoms with Gasteiger partial charge in [-0.2, -0.15) is 4.68 Å². The van der Waals surface area contributed by atoms with Gasteiger partial charge in [-0.05, 0) is 56.7 Å². The van der Waals surface area contributed by atoms with Crippen molar-refractivity contribution in [2.75, 3.05) is 5.73 Å². The molecule has 0 saturated carbocycles. The highest BCUT2D eigenvalue weighted by molar-refractivity contribution is 9.10. The molecule has 0 aliphatic heterocycles. The number of tetrazole rings is 1. The van der Waals surface area contributed by atoms with Gasteiger partial charge in [0, 0.05) is 21.8 Å². The number of hydrogen-bond donors (Lipinski definition) is 1. The molecule has 0 radical (unpaired) electrons. The summed E-state index contributed by atoms with van der Waals surface area (Å²) in [5.41, 5.74) is 7.46. The predicted octanol–water partition coefficient (Wildman–Crippen LogP) is 3.47. The molecule has 1 aromatic heterocycles. The van der Waals surface area contributed by atoms with Crippen molar-refractivity contribution < 1.29 is 4.39 Å². The van der Waals surface area contributed by atoms with E-state index in [4.69, 9.17) is 17.3 Å². The Hall–Kier alpha value is -1.99. The molecule has 0 aliphatic carbocycles. The van der Waals surface area contributed by atoms with E-state index in [1.165, 1.54) is 22.9 Å². The van der Waals surface area contributed by atoms with Gasteiger partial charge < -0.3 is 5.73 Å². The maximum atomic E-state index is 13.4. The summed E-state index contributed by atoms with van der Waals surface area (Å²) in [5.74, 6) is -0.00660. The van der Waals surface area contributed by atoms with E-state index in [0.717, 1.165) is 4.47 Å². The highest BCUT2D eigenvalue weighted by Crippen LogP contribution is 2.28. The van der Waals surface area contributed by atoms with Crippen molar-refractivity contribution in [2.24, 2.45) is 0 Å². The van der Waals surface area contributed by atoms with Crippen LogP contribution < -0.4 is 5.73 Å². The zero-order valence-corrected chi connectivity index (χ0v) is 12.8. The molecule has 0 bridgehead atoms. The first-order valence-electron chi connectivity index (χ1n) is 5.85. The Morgan fingerprint density at radius 3 is 2.76 bits per heavy atom. The standard InChI is InChI=1S/C13H8BrClFN5/c14-9-3-1-7(5-11(9)17)13-18-19-20-21(13)12-6-8(16)2-4-10(12)15/h1-6H,17H2. The molecule has 2 aromatic carbocycles. The van der Waals surface area contributed by atoms with Crippen molar-refractivity contribution in [1.82, 2.24) is 20.2 Å². The lowest BCUT2D eigenvalue weighted by atomic mass is 10.2. The summed E-state index contributed by atoms with van der Waals surface area (Å²) in [4.78, 5) is 0. The van der Waals surface area contributed by atoms with Crippen LogP contribution in [0.2, 0.25) is 5.02 Å². The molecule has 8 heteroatoms. The van der Waals surface area contributed by atoms with Crippen LogP contribution in [-0.4, -0.2) is 20.2 Å². The van der Waals surface area contributed by atoms with Gasteiger partial charge in [-0.3, -0.25) is 0 Å². The first-order valence-corrected chi connectivity index (χ1v) is 7.02. The van der Waals surface area contributed by atoms with Gasteiger partial charge in [0.05, 0.1) is 10.7 Å². The SMILES string of the molecule is Nc1cc(-c2nnnn2-c2cc(F)ccc2Cl)ccc1Br. The minimum atomic E-state index is -0.425. The van der Waals surface area contributed by atoms with Crippen molar-refractivity contribution in [2.45, 2.75) is 0 Å². The molecule has 0 aliphatic rings. The molecule has 1 heterocycles. The predicted molar refractivity (Wildman–Crippen MR) is 81.7 cm³/mol. The van der Waals surface area contributed by atoms with Gasteiger partial charge in [0.1, 0.15) is 5.82 Å². The van der Waals surface area contributed by atoms with Crippen LogP contribution in [0.4, 0.5) is 10.1 Å². The monoisotopic (exact) mass is 367 g/mol. The van der Waals surface area contributed by atoms with Crippen molar-refractivity contribution >= 4 is 33.2 Å². The lowest BCUT2D eigenvalue weighted by Crippen LogP contribution is -2.02. The Bertz CT molecular complexity index is 820. The molecule has 5 nitrogen and oxygen atoms in total. The quantitative estimate of drug-likeness (QED) is 0.703. The van der Waals surface area contributed by atoms with Gasteiger partial charge >= 0.3 is 0 Å². The smallest absolute Gasteiger partial charge is 0.187 e. The van der Waals surface area contributed by atoms with Crippen LogP contribution in [0, 0.1) is 5.82 Å². The van der Waals surface area contributed by atoms with Gasteiger partial charge in [-0.1, -0.05) is 11.6 Å². The Morgan fingerprint density at radius 1 is 1.19 bits per heavy atom. The maximum absolute atomic E-state index is 13.4. The summed E-state index contributed by atoms with van der Waals surface area (Å²) in [5, 5.41) is 11.8. The average Bonchev–Trinajstić information content (AvgIpc) is 2.93. The van der Waals surface area contributed by atoms with Gasteiger partial charge in [0.15, 0.2) is 5.82 Å². The van der Waals surface area contributed by atoms with E-state index in [0.29, 0.717) is 27.8 Å². The molecule has 0 spiro atoms. The Labute approximate surface area is 132 Å². The van der Waals surface area contributed by atoms with Crippen LogP contribution in [0.3, 0.4) is 0 Å². The van der Waals surface area contributed by atoms with Crippen LogP contribution in [0.25, 0.3) is 17.1 Å². The molecule has 2 N–H and O–H groups in total. The second kappa shape index (κ2) is 5.42. The fourth-order valence-corrected chi connectivity index (χ4v) is 2.30. The summed E-state index contributed by atoms with van der Waals surface area (Å²) >= 11 is 9.41. The number of anilines is 1. The zero-order valence-electron chi connectivity index (χ0n) is 10.5. The fraction of sp³-hybridized carbons (Fsp3) is 0. The lowest BCUT2D eigenvalue weighted by molar-refractivity contribution is 0.625. The van der Waals surface area contributed by atoms with Crippen LogP contribution in [-0.2, 0) is 0 Å². The zero-order chi connectivity index (χ0) is 15.0. The van der Waals surface area contributed by atoms with Crippen LogP contribution in [0.1, 0.15) is 0 Å². The van der Waals surface area contributed by atoms with Crippen LogP contribution >= 0.6 is 27.5 Å². The molecular weight excluding hydrogens is 361 g/mol. The number of nitrogen functional groups attached to an aromatic ring is 1. The lowest BCUT2D eigenvalue weighted by Gasteiger charge is -2.08. The number of nitrogens with zero attached hydrogens (tertiary/aromatic N) is 4. The van der Waals surface area contributed by atoms with Gasteiger partial charge in [-0.25, -0.2) is 4.39 Å². The Morgan fingerprint density at radius 2 is 2.00 bits per heavy atom. The van der Waals surface area contributed by atoms with Gasteiger partial charge in [0.2, 0.25) is 0 Å². The van der Waals surface area contributed by atoms with E-state index in [1.54, 1.807) is 18.2 Å². The van der Waals surface area contributed by atoms with Gasteiger partial charge in [-0.15, -0.1) is 5.10 Å². The normalized spacial score (nSPS) is 10.8. The molecule has 0 unspecified atom stereocenters. The number of benzene rings is 2. The summed E-state index contributed by atoms with van der Waals surface area (Å²) in [6, 6.07) is 9.30. The molecular formula is C13H8BrClFN5. The second-order valence-corrected chi connectivity index (χ2v) is 5.51. The number of aromatic nitrogens is 4. The number of halogens is 3. The highest BCUT2D eigenvalue weighted by Gasteiger charge is 2.14. The molecule has 106 valence electrons. The minimum absolute atomic E-state index is 0.343. The summed E-state index contributed by atoms with van der Waals surface area (Å²) < 4.78 is 15.6. The molecule has 0 saturated heterocycles. The van der Waals surface area contributed by atoms with Crippen LogP contribution in [0.5, 0.6) is 0 Å². The summed E-state index contributed by atoms with van der Waals surface area (Å²) in [6.45, 7) is 0. The van der Waals surface area contributed by atoms with Crippen molar-refractivity contribution in [1.29, 1.82) is 0 Å². The minimum Gasteiger partial charge on any atom is -0.398 e. The molecule has 21 heavy (non-hydrogen) atoms. The first-order chi connectivity index (χ1) is 10.1. The van der Waals surface area contributed by atoms with E-state index in [9.17, 15) is 4.39 Å². The topological polar surface area (TPSA) is 69.6 Å². The van der Waals surface area contributed by atoms with E-state index in [-0.39, 0.29) is 0 Å². The summed E-state index contributed by atoms with van der Waals surface area (Å²) in [7, 11) is 0. The van der Waals surface area contributed by atoms with E-state index < -0.39 is 5.82 Å². The van der Waals surface area contributed by atoms with Crippen molar-refractivity contribution in [3.63, 3.8) is 0 Å². The maximum Gasteiger partial charge on any atom is 0.187 e. The third-order valence-corrected chi connectivity index (χ3v) is 3.90. The number of nitrogens with two attached hydrogens (primary N) is 1. The summed E-state index contributed by atoms with van der Waals surface area (Å²) in [6.07, 6.45) is 0. The number of rotatable bonds is 2. The first kappa shape index (κ1) is 14.0. The van der Waals surface area contributed by atoms with Gasteiger partial charge in [0.25, 0.3) is 0 Å². The van der Waals surface area contributed by atoms with Crippen LogP contribution in [0.15, 0.2) is 40.9 Å². The largest absolute Gasteiger partial charge is 0.398 e. The molecule has 0 atom stereocenters. The Balaban J connectivity index is 2.17. The molecule has 0 fully saturated rings. The third-order valence-electron chi connectivity index (χ3n) is 2.86. The molecule has 3 rings (SSSR count). The third kappa shape index (κ3) is 2.62. The Kier molecular flexibility index (Phi) is 3.60. The average molecular weight is 369 g/mol. The second-order valence-electron chi connectivity index (χ2n) is 4.25. The highest BCUT2D eigenvalue weighted by atomic mass is 79.9. The van der Waals surface area contributed by atoms with Crippen molar-refractivity contribution in [3.05, 3.63) is 51.7 Å². The van der Waals surface area contributed by atoms with E-state index >= 15 is 0 Å². The molecule has 3 aromatic rings. The van der Waals surface area contributed by atoms with E-state index in [1.807, 2.05) is 0 Å². The number of hydrogen-bond acceptors (Lipinski definition) is 4.